The van der Waals surface area contributed by atoms with Crippen LogP contribution < -0.4 is 10.9 Å². The summed E-state index contributed by atoms with van der Waals surface area (Å²) in [6.45, 7) is 3.86. The minimum Gasteiger partial charge on any atom is -0.322 e. The number of benzene rings is 2. The van der Waals surface area contributed by atoms with Gasteiger partial charge in [-0.05, 0) is 73.5 Å². The van der Waals surface area contributed by atoms with E-state index in [1.807, 2.05) is 68.4 Å². The molecule has 5 rings (SSSR count). The first kappa shape index (κ1) is 20.6. The molecule has 0 atom stereocenters. The van der Waals surface area contributed by atoms with Crippen LogP contribution >= 0.6 is 0 Å². The molecule has 3 heterocycles. The maximum absolute atomic E-state index is 13.2. The molecule has 0 unspecified atom stereocenters. The lowest BCUT2D eigenvalue weighted by atomic mass is 9.99. The molecule has 1 amide bonds. The van der Waals surface area contributed by atoms with Gasteiger partial charge in [0.25, 0.3) is 11.5 Å². The first-order chi connectivity index (χ1) is 15.9. The van der Waals surface area contributed by atoms with Crippen LogP contribution in [-0.4, -0.2) is 20.4 Å². The summed E-state index contributed by atoms with van der Waals surface area (Å²) in [6.07, 6.45) is 3.51. The zero-order valence-electron chi connectivity index (χ0n) is 18.6. The Morgan fingerprint density at radius 2 is 1.76 bits per heavy atom. The van der Waals surface area contributed by atoms with Gasteiger partial charge in [0, 0.05) is 52.7 Å². The molecule has 0 aliphatic rings. The zero-order valence-corrected chi connectivity index (χ0v) is 18.6. The van der Waals surface area contributed by atoms with Crippen LogP contribution in [0.5, 0.6) is 0 Å². The maximum Gasteiger partial charge on any atom is 0.258 e. The smallest absolute Gasteiger partial charge is 0.258 e. The number of aromatic nitrogens is 3. The van der Waals surface area contributed by atoms with Crippen molar-refractivity contribution in [2.75, 3.05) is 5.32 Å². The number of fused-ring (bicyclic) bond motifs is 2. The van der Waals surface area contributed by atoms with Crippen LogP contribution in [0, 0.1) is 13.8 Å². The van der Waals surface area contributed by atoms with Crippen LogP contribution in [0.15, 0.2) is 77.9 Å². The predicted octanol–water partition coefficient (Wildman–Crippen LogP) is 5.02. The van der Waals surface area contributed by atoms with E-state index in [1.165, 1.54) is 0 Å². The number of carbonyl (C=O) groups is 1. The summed E-state index contributed by atoms with van der Waals surface area (Å²) in [5.41, 5.74) is 5.89. The fourth-order valence-corrected chi connectivity index (χ4v) is 4.07. The van der Waals surface area contributed by atoms with E-state index in [4.69, 9.17) is 0 Å². The number of aryl methyl sites for hydroxylation is 3. The average molecular weight is 434 g/mol. The molecule has 162 valence electrons. The number of rotatable bonds is 3. The molecule has 2 aromatic carbocycles. The summed E-state index contributed by atoms with van der Waals surface area (Å²) in [7, 11) is 1.77. The van der Waals surface area contributed by atoms with Gasteiger partial charge in [-0.1, -0.05) is 12.1 Å². The molecular formula is C27H22N4O2. The molecule has 5 aromatic rings. The molecule has 0 fully saturated rings. The van der Waals surface area contributed by atoms with Crippen molar-refractivity contribution >= 4 is 33.4 Å². The quantitative estimate of drug-likeness (QED) is 0.433. The highest BCUT2D eigenvalue weighted by atomic mass is 16.1. The van der Waals surface area contributed by atoms with Crippen molar-refractivity contribution in [3.63, 3.8) is 0 Å². The van der Waals surface area contributed by atoms with Gasteiger partial charge in [0.05, 0.1) is 11.0 Å². The fraction of sp³-hybridized carbons (Fsp3) is 0.111. The van der Waals surface area contributed by atoms with Crippen molar-refractivity contribution in [3.8, 4) is 11.1 Å². The highest BCUT2D eigenvalue weighted by Crippen LogP contribution is 2.27. The highest BCUT2D eigenvalue weighted by molar-refractivity contribution is 6.06. The predicted molar refractivity (Wildman–Crippen MR) is 132 cm³/mol. The first-order valence-corrected chi connectivity index (χ1v) is 10.6. The van der Waals surface area contributed by atoms with Crippen LogP contribution in [0.4, 0.5) is 5.69 Å². The third-order valence-electron chi connectivity index (χ3n) is 5.90. The number of nitrogens with zero attached hydrogens (tertiary/aromatic N) is 3. The fourth-order valence-electron chi connectivity index (χ4n) is 4.07. The SMILES string of the molecule is Cc1cc2c(cn1)cc(-c1cc(NC(=O)c3ccc4ncccc4c3)ccc1C)c(=O)n2C. The number of hydrogen-bond acceptors (Lipinski definition) is 4. The molecule has 6 nitrogen and oxygen atoms in total. The lowest BCUT2D eigenvalue weighted by Crippen LogP contribution is -2.19. The van der Waals surface area contributed by atoms with E-state index in [1.54, 1.807) is 30.1 Å². The van der Waals surface area contributed by atoms with Crippen LogP contribution in [-0.2, 0) is 7.05 Å². The van der Waals surface area contributed by atoms with Gasteiger partial charge in [0.15, 0.2) is 0 Å². The molecule has 3 aromatic heterocycles. The van der Waals surface area contributed by atoms with Crippen molar-refractivity contribution in [1.29, 1.82) is 0 Å². The molecule has 33 heavy (non-hydrogen) atoms. The normalized spacial score (nSPS) is 11.1. The summed E-state index contributed by atoms with van der Waals surface area (Å²) in [4.78, 5) is 34.8. The number of pyridine rings is 3. The monoisotopic (exact) mass is 434 g/mol. The van der Waals surface area contributed by atoms with Gasteiger partial charge in [0.2, 0.25) is 0 Å². The Labute approximate surface area is 190 Å². The maximum atomic E-state index is 13.2. The molecule has 1 N–H and O–H groups in total. The van der Waals surface area contributed by atoms with Crippen molar-refractivity contribution in [2.45, 2.75) is 13.8 Å². The minimum atomic E-state index is -0.221. The summed E-state index contributed by atoms with van der Waals surface area (Å²) in [5.74, 6) is -0.221. The number of amides is 1. The lowest BCUT2D eigenvalue weighted by Gasteiger charge is -2.13. The third kappa shape index (κ3) is 3.76. The Morgan fingerprint density at radius 1 is 0.909 bits per heavy atom. The number of anilines is 1. The molecule has 6 heteroatoms. The summed E-state index contributed by atoms with van der Waals surface area (Å²) >= 11 is 0. The molecule has 0 saturated carbocycles. The van der Waals surface area contributed by atoms with E-state index in [2.05, 4.69) is 15.3 Å². The summed E-state index contributed by atoms with van der Waals surface area (Å²) in [6, 6.07) is 18.6. The van der Waals surface area contributed by atoms with E-state index in [0.29, 0.717) is 16.8 Å². The van der Waals surface area contributed by atoms with Gasteiger partial charge >= 0.3 is 0 Å². The van der Waals surface area contributed by atoms with Crippen molar-refractivity contribution in [1.82, 2.24) is 14.5 Å². The molecular weight excluding hydrogens is 412 g/mol. The highest BCUT2D eigenvalue weighted by Gasteiger charge is 2.14. The second-order valence-corrected chi connectivity index (χ2v) is 8.20. The van der Waals surface area contributed by atoms with Crippen LogP contribution in [0.1, 0.15) is 21.6 Å². The zero-order chi connectivity index (χ0) is 23.1. The van der Waals surface area contributed by atoms with Gasteiger partial charge in [-0.2, -0.15) is 0 Å². The summed E-state index contributed by atoms with van der Waals surface area (Å²) < 4.78 is 1.65. The van der Waals surface area contributed by atoms with Gasteiger partial charge in [-0.3, -0.25) is 19.6 Å². The molecule has 0 spiro atoms. The average Bonchev–Trinajstić information content (AvgIpc) is 2.82. The van der Waals surface area contributed by atoms with E-state index in [-0.39, 0.29) is 11.5 Å². The first-order valence-electron chi connectivity index (χ1n) is 10.6. The second kappa shape index (κ2) is 7.98. The van der Waals surface area contributed by atoms with Crippen molar-refractivity contribution in [2.24, 2.45) is 7.05 Å². The van der Waals surface area contributed by atoms with Crippen LogP contribution in [0.2, 0.25) is 0 Å². The molecule has 0 radical (unpaired) electrons. The van der Waals surface area contributed by atoms with E-state index in [0.717, 1.165) is 38.6 Å². The van der Waals surface area contributed by atoms with Gasteiger partial charge < -0.3 is 9.88 Å². The minimum absolute atomic E-state index is 0.0956. The number of nitrogens with one attached hydrogen (secondary N) is 1. The van der Waals surface area contributed by atoms with E-state index in [9.17, 15) is 9.59 Å². The largest absolute Gasteiger partial charge is 0.322 e. The lowest BCUT2D eigenvalue weighted by molar-refractivity contribution is 0.102. The van der Waals surface area contributed by atoms with Crippen molar-refractivity contribution < 1.29 is 4.79 Å². The van der Waals surface area contributed by atoms with Gasteiger partial charge in [-0.15, -0.1) is 0 Å². The number of hydrogen-bond donors (Lipinski definition) is 1. The standard InChI is InChI=1S/C27H22N4O2/c1-16-6-8-21(30-26(32)19-7-9-24-18(12-19)5-4-10-28-24)14-22(16)23-13-20-15-29-17(2)11-25(20)31(3)27(23)33/h4-15H,1-3H3,(H,30,32). The third-order valence-corrected chi connectivity index (χ3v) is 5.90. The Kier molecular flexibility index (Phi) is 4.98. The van der Waals surface area contributed by atoms with Crippen LogP contribution in [0.25, 0.3) is 32.9 Å². The van der Waals surface area contributed by atoms with E-state index < -0.39 is 0 Å². The van der Waals surface area contributed by atoms with Gasteiger partial charge in [0.1, 0.15) is 0 Å². The topological polar surface area (TPSA) is 76.9 Å². The molecule has 0 aliphatic heterocycles. The van der Waals surface area contributed by atoms with Crippen LogP contribution in [0.3, 0.4) is 0 Å². The van der Waals surface area contributed by atoms with Gasteiger partial charge in [-0.25, -0.2) is 0 Å². The van der Waals surface area contributed by atoms with Crippen molar-refractivity contribution in [3.05, 3.63) is 100 Å². The second-order valence-electron chi connectivity index (χ2n) is 8.20. The Hall–Kier alpha value is -4.32. The Bertz CT molecular complexity index is 1620. The summed E-state index contributed by atoms with van der Waals surface area (Å²) in [5, 5.41) is 4.75. The Balaban J connectivity index is 1.53. The van der Waals surface area contributed by atoms with E-state index >= 15 is 0 Å². The molecule has 0 bridgehead atoms. The molecule has 0 aliphatic carbocycles. The number of carbonyl (C=O) groups excluding carboxylic acids is 1. The molecule has 0 saturated heterocycles. The Morgan fingerprint density at radius 3 is 2.61 bits per heavy atom.